The van der Waals surface area contributed by atoms with Crippen molar-refractivity contribution in [3.05, 3.63) is 16.6 Å². The molecule has 0 amide bonds. The monoisotopic (exact) mass is 282 g/mol. The van der Waals surface area contributed by atoms with E-state index in [-0.39, 0.29) is 11.6 Å². The van der Waals surface area contributed by atoms with Gasteiger partial charge < -0.3 is 4.90 Å². The molecule has 1 heterocycles. The maximum Gasteiger partial charge on any atom is 0.0941 e. The molecule has 0 spiro atoms. The second-order valence-corrected chi connectivity index (χ2v) is 7.03. The zero-order valence-electron chi connectivity index (χ0n) is 12.2. The number of nitrogens with one attached hydrogen (secondary N) is 1. The average molecular weight is 282 g/mol. The minimum absolute atomic E-state index is 0.151. The Kier molecular flexibility index (Phi) is 4.95. The van der Waals surface area contributed by atoms with Crippen LogP contribution in [0.4, 0.5) is 0 Å². The summed E-state index contributed by atoms with van der Waals surface area (Å²) in [7, 11) is 4.37. The van der Waals surface area contributed by atoms with E-state index >= 15 is 0 Å². The topological polar surface area (TPSA) is 54.2 Å². The molecule has 0 radical (unpaired) electrons. The molecule has 0 aromatic carbocycles. The van der Waals surface area contributed by atoms with Crippen LogP contribution in [0.15, 0.2) is 11.6 Å². The number of hydrazine groups is 1. The summed E-state index contributed by atoms with van der Waals surface area (Å²) in [6.45, 7) is 2.36. The third-order valence-corrected chi connectivity index (χ3v) is 5.41. The van der Waals surface area contributed by atoms with Crippen molar-refractivity contribution in [1.82, 2.24) is 15.3 Å². The standard InChI is InChI=1S/C14H26N4S/c1-11-5-4-6-14(10-11,18(2)3)12(17-15)9-13-16-7-8-19-13/h7-8,11-12,17H,4-6,9-10,15H2,1-3H3. The van der Waals surface area contributed by atoms with Crippen molar-refractivity contribution in [2.45, 2.75) is 50.6 Å². The molecular formula is C14H26N4S. The normalized spacial score (nSPS) is 29.6. The highest BCUT2D eigenvalue weighted by Gasteiger charge is 2.43. The van der Waals surface area contributed by atoms with Gasteiger partial charge in [0.05, 0.1) is 5.01 Å². The average Bonchev–Trinajstić information content (AvgIpc) is 2.88. The molecule has 3 unspecified atom stereocenters. The first-order valence-electron chi connectivity index (χ1n) is 7.10. The van der Waals surface area contributed by atoms with E-state index in [0.29, 0.717) is 0 Å². The Bertz CT molecular complexity index is 379. The third-order valence-electron chi connectivity index (χ3n) is 4.61. The van der Waals surface area contributed by atoms with Crippen LogP contribution in [0.25, 0.3) is 0 Å². The van der Waals surface area contributed by atoms with Crippen molar-refractivity contribution < 1.29 is 0 Å². The minimum Gasteiger partial charge on any atom is -0.302 e. The van der Waals surface area contributed by atoms with Gasteiger partial charge in [-0.3, -0.25) is 11.3 Å². The Labute approximate surface area is 120 Å². The largest absolute Gasteiger partial charge is 0.302 e. The first kappa shape index (κ1) is 14.9. The maximum atomic E-state index is 5.89. The zero-order chi connectivity index (χ0) is 13.9. The molecule has 1 fully saturated rings. The SMILES string of the molecule is CC1CCCC(C(Cc2nccs2)NN)(N(C)C)C1. The molecule has 1 aromatic rings. The van der Waals surface area contributed by atoms with Crippen LogP contribution in [-0.2, 0) is 6.42 Å². The fourth-order valence-electron chi connectivity index (χ4n) is 3.53. The number of thiazole rings is 1. The third kappa shape index (κ3) is 3.16. The molecule has 1 saturated carbocycles. The summed E-state index contributed by atoms with van der Waals surface area (Å²) in [5.41, 5.74) is 3.23. The van der Waals surface area contributed by atoms with Gasteiger partial charge in [0, 0.05) is 29.6 Å². The molecule has 4 nitrogen and oxygen atoms in total. The van der Waals surface area contributed by atoms with Crippen molar-refractivity contribution >= 4 is 11.3 Å². The van der Waals surface area contributed by atoms with Crippen LogP contribution in [0, 0.1) is 5.92 Å². The van der Waals surface area contributed by atoms with Gasteiger partial charge in [-0.2, -0.15) is 0 Å². The predicted molar refractivity (Wildman–Crippen MR) is 81.0 cm³/mol. The van der Waals surface area contributed by atoms with E-state index in [1.54, 1.807) is 11.3 Å². The van der Waals surface area contributed by atoms with Crippen LogP contribution < -0.4 is 11.3 Å². The lowest BCUT2D eigenvalue weighted by atomic mass is 9.70. The Morgan fingerprint density at radius 1 is 1.63 bits per heavy atom. The molecule has 108 valence electrons. The van der Waals surface area contributed by atoms with E-state index < -0.39 is 0 Å². The highest BCUT2D eigenvalue weighted by atomic mass is 32.1. The Morgan fingerprint density at radius 2 is 2.42 bits per heavy atom. The molecule has 0 aliphatic heterocycles. The molecule has 0 bridgehead atoms. The minimum atomic E-state index is 0.151. The summed E-state index contributed by atoms with van der Waals surface area (Å²) >= 11 is 1.72. The van der Waals surface area contributed by atoms with Crippen LogP contribution in [0.3, 0.4) is 0 Å². The fourth-order valence-corrected chi connectivity index (χ4v) is 4.19. The lowest BCUT2D eigenvalue weighted by Gasteiger charge is -2.50. The van der Waals surface area contributed by atoms with E-state index in [1.807, 2.05) is 11.6 Å². The number of rotatable bonds is 5. The molecule has 1 aromatic heterocycles. The molecule has 5 heteroatoms. The first-order chi connectivity index (χ1) is 9.08. The van der Waals surface area contributed by atoms with Gasteiger partial charge in [0.15, 0.2) is 0 Å². The van der Waals surface area contributed by atoms with Crippen LogP contribution in [0.5, 0.6) is 0 Å². The molecule has 1 aliphatic rings. The van der Waals surface area contributed by atoms with Gasteiger partial charge in [0.2, 0.25) is 0 Å². The molecule has 0 saturated heterocycles. The van der Waals surface area contributed by atoms with Crippen molar-refractivity contribution in [2.75, 3.05) is 14.1 Å². The van der Waals surface area contributed by atoms with Gasteiger partial charge in [0.25, 0.3) is 0 Å². The van der Waals surface area contributed by atoms with Gasteiger partial charge in [-0.05, 0) is 32.9 Å². The Hall–Kier alpha value is -0.490. The van der Waals surface area contributed by atoms with Crippen molar-refractivity contribution in [2.24, 2.45) is 11.8 Å². The van der Waals surface area contributed by atoms with Gasteiger partial charge in [-0.25, -0.2) is 4.98 Å². The van der Waals surface area contributed by atoms with Gasteiger partial charge in [0.1, 0.15) is 0 Å². The number of likely N-dealkylation sites (N-methyl/N-ethyl adjacent to an activating group) is 1. The van der Waals surface area contributed by atoms with Gasteiger partial charge in [-0.15, -0.1) is 11.3 Å². The number of nitrogens with two attached hydrogens (primary N) is 1. The van der Waals surface area contributed by atoms with E-state index in [2.05, 4.69) is 36.3 Å². The van der Waals surface area contributed by atoms with Crippen molar-refractivity contribution in [3.63, 3.8) is 0 Å². The summed E-state index contributed by atoms with van der Waals surface area (Å²) in [5, 5.41) is 3.21. The summed E-state index contributed by atoms with van der Waals surface area (Å²) in [4.78, 5) is 6.79. The highest BCUT2D eigenvalue weighted by molar-refractivity contribution is 7.09. The molecule has 19 heavy (non-hydrogen) atoms. The van der Waals surface area contributed by atoms with Crippen molar-refractivity contribution in [1.29, 1.82) is 0 Å². The van der Waals surface area contributed by atoms with Gasteiger partial charge in [-0.1, -0.05) is 19.8 Å². The van der Waals surface area contributed by atoms with Crippen LogP contribution in [-0.4, -0.2) is 35.6 Å². The second kappa shape index (κ2) is 6.31. The smallest absolute Gasteiger partial charge is 0.0941 e. The number of aromatic nitrogens is 1. The van der Waals surface area contributed by atoms with E-state index in [1.165, 1.54) is 30.7 Å². The Morgan fingerprint density at radius 3 is 2.95 bits per heavy atom. The Balaban J connectivity index is 2.20. The van der Waals surface area contributed by atoms with Crippen LogP contribution in [0.1, 0.15) is 37.6 Å². The van der Waals surface area contributed by atoms with E-state index in [4.69, 9.17) is 5.84 Å². The maximum absolute atomic E-state index is 5.89. The van der Waals surface area contributed by atoms with Crippen LogP contribution in [0.2, 0.25) is 0 Å². The van der Waals surface area contributed by atoms with E-state index in [9.17, 15) is 0 Å². The quantitative estimate of drug-likeness (QED) is 0.641. The molecule has 3 atom stereocenters. The molecule has 1 aliphatic carbocycles. The predicted octanol–water partition coefficient (Wildman–Crippen LogP) is 2.03. The molecular weight excluding hydrogens is 256 g/mol. The number of nitrogens with zero attached hydrogens (tertiary/aromatic N) is 2. The fraction of sp³-hybridized carbons (Fsp3) is 0.786. The molecule has 2 rings (SSSR count). The number of hydrogen-bond acceptors (Lipinski definition) is 5. The van der Waals surface area contributed by atoms with Crippen molar-refractivity contribution in [3.8, 4) is 0 Å². The molecule has 3 N–H and O–H groups in total. The summed E-state index contributed by atoms with van der Waals surface area (Å²) in [5.74, 6) is 6.66. The summed E-state index contributed by atoms with van der Waals surface area (Å²) in [6.07, 6.45) is 7.84. The summed E-state index contributed by atoms with van der Waals surface area (Å²) in [6, 6.07) is 0.261. The lowest BCUT2D eigenvalue weighted by molar-refractivity contribution is 0.0373. The lowest BCUT2D eigenvalue weighted by Crippen LogP contribution is -2.63. The zero-order valence-corrected chi connectivity index (χ0v) is 13.0. The second-order valence-electron chi connectivity index (χ2n) is 6.05. The highest BCUT2D eigenvalue weighted by Crippen LogP contribution is 2.39. The van der Waals surface area contributed by atoms with Gasteiger partial charge >= 0.3 is 0 Å². The summed E-state index contributed by atoms with van der Waals surface area (Å²) < 4.78 is 0. The van der Waals surface area contributed by atoms with E-state index in [0.717, 1.165) is 12.3 Å². The van der Waals surface area contributed by atoms with Crippen LogP contribution >= 0.6 is 11.3 Å². The number of hydrogen-bond donors (Lipinski definition) is 2. The first-order valence-corrected chi connectivity index (χ1v) is 7.98.